The molecule has 1 saturated heterocycles. The molecule has 13 heavy (non-hydrogen) atoms. The van der Waals surface area contributed by atoms with E-state index in [0.29, 0.717) is 6.54 Å². The molecular weight excluding hydrogens is 168 g/mol. The Labute approximate surface area is 77.9 Å². The van der Waals surface area contributed by atoms with Gasteiger partial charge in [0.15, 0.2) is 0 Å². The maximum Gasteiger partial charge on any atom is 0.234 e. The van der Waals surface area contributed by atoms with Crippen LogP contribution in [0.25, 0.3) is 0 Å². The first-order valence-electron chi connectivity index (χ1n) is 4.96. The van der Waals surface area contributed by atoms with Crippen molar-refractivity contribution in [2.24, 2.45) is 0 Å². The quantitative estimate of drug-likeness (QED) is 0.568. The van der Waals surface area contributed by atoms with E-state index in [9.17, 15) is 9.90 Å². The fourth-order valence-electron chi connectivity index (χ4n) is 2.29. The van der Waals surface area contributed by atoms with Crippen molar-refractivity contribution in [3.05, 3.63) is 0 Å². The van der Waals surface area contributed by atoms with E-state index < -0.39 is 0 Å². The Bertz CT molecular complexity index is 208. The van der Waals surface area contributed by atoms with Crippen LogP contribution >= 0.6 is 0 Å². The summed E-state index contributed by atoms with van der Waals surface area (Å²) in [5, 5.41) is 12.4. The highest BCUT2D eigenvalue weighted by Crippen LogP contribution is 2.24. The zero-order valence-corrected chi connectivity index (χ0v) is 7.70. The highest BCUT2D eigenvalue weighted by atomic mass is 16.3. The van der Waals surface area contributed by atoms with Gasteiger partial charge in [-0.25, -0.2) is 0 Å². The average Bonchev–Trinajstić information content (AvgIpc) is 2.51. The summed E-state index contributed by atoms with van der Waals surface area (Å²) in [5.41, 5.74) is 0. The number of hydrogen-bond donors (Lipinski definition) is 2. The largest absolute Gasteiger partial charge is 0.391 e. The Hall–Kier alpha value is -0.610. The van der Waals surface area contributed by atoms with Crippen LogP contribution in [0.1, 0.15) is 19.3 Å². The van der Waals surface area contributed by atoms with Crippen molar-refractivity contribution >= 4 is 5.91 Å². The molecule has 1 saturated carbocycles. The van der Waals surface area contributed by atoms with Crippen LogP contribution in [0.3, 0.4) is 0 Å². The number of amides is 1. The van der Waals surface area contributed by atoms with Gasteiger partial charge in [-0.3, -0.25) is 9.69 Å². The van der Waals surface area contributed by atoms with E-state index in [2.05, 4.69) is 10.2 Å². The van der Waals surface area contributed by atoms with Crippen LogP contribution in [0.4, 0.5) is 0 Å². The first-order chi connectivity index (χ1) is 6.27. The van der Waals surface area contributed by atoms with Gasteiger partial charge in [-0.1, -0.05) is 0 Å². The standard InChI is InChI=1S/C9H16N2O2/c12-8-3-1-2-7(8)11-5-4-10-9(13)6-11/h7-8,12H,1-6H2,(H,10,13). The molecule has 0 aromatic rings. The number of rotatable bonds is 1. The SMILES string of the molecule is O=C1CN(C2CCCC2O)CCN1. The molecule has 0 bridgehead atoms. The molecule has 74 valence electrons. The number of nitrogens with one attached hydrogen (secondary N) is 1. The third kappa shape index (κ3) is 1.84. The smallest absolute Gasteiger partial charge is 0.234 e. The van der Waals surface area contributed by atoms with Crippen LogP contribution in [0.5, 0.6) is 0 Å². The topological polar surface area (TPSA) is 52.6 Å². The van der Waals surface area contributed by atoms with Crippen molar-refractivity contribution in [2.45, 2.75) is 31.4 Å². The first kappa shape index (κ1) is 8.97. The predicted octanol–water partition coefficient (Wildman–Crippen LogP) is -0.668. The number of aliphatic hydroxyl groups excluding tert-OH is 1. The molecule has 2 unspecified atom stereocenters. The van der Waals surface area contributed by atoms with Gasteiger partial charge in [-0.2, -0.15) is 0 Å². The molecule has 1 amide bonds. The van der Waals surface area contributed by atoms with Gasteiger partial charge in [0.05, 0.1) is 12.6 Å². The van der Waals surface area contributed by atoms with E-state index in [0.717, 1.165) is 32.4 Å². The van der Waals surface area contributed by atoms with Crippen molar-refractivity contribution < 1.29 is 9.90 Å². The Morgan fingerprint density at radius 2 is 2.31 bits per heavy atom. The second kappa shape index (κ2) is 3.64. The van der Waals surface area contributed by atoms with E-state index in [1.165, 1.54) is 0 Å². The van der Waals surface area contributed by atoms with E-state index in [1.807, 2.05) is 0 Å². The third-order valence-electron chi connectivity index (χ3n) is 2.98. The number of piperazine rings is 1. The van der Waals surface area contributed by atoms with Crippen LogP contribution in [0.2, 0.25) is 0 Å². The number of carbonyl (C=O) groups is 1. The van der Waals surface area contributed by atoms with Crippen LogP contribution < -0.4 is 5.32 Å². The maximum atomic E-state index is 11.1. The van der Waals surface area contributed by atoms with Crippen LogP contribution in [0, 0.1) is 0 Å². The summed E-state index contributed by atoms with van der Waals surface area (Å²) < 4.78 is 0. The summed E-state index contributed by atoms with van der Waals surface area (Å²) in [7, 11) is 0. The minimum absolute atomic E-state index is 0.0883. The minimum Gasteiger partial charge on any atom is -0.391 e. The van der Waals surface area contributed by atoms with Crippen molar-refractivity contribution in [2.75, 3.05) is 19.6 Å². The lowest BCUT2D eigenvalue weighted by Gasteiger charge is -2.33. The van der Waals surface area contributed by atoms with E-state index >= 15 is 0 Å². The van der Waals surface area contributed by atoms with Gasteiger partial charge in [0, 0.05) is 19.1 Å². The molecule has 1 aliphatic heterocycles. The molecule has 0 spiro atoms. The van der Waals surface area contributed by atoms with Crippen LogP contribution in [-0.2, 0) is 4.79 Å². The van der Waals surface area contributed by atoms with Gasteiger partial charge in [0.25, 0.3) is 0 Å². The predicted molar refractivity (Wildman–Crippen MR) is 48.2 cm³/mol. The Balaban J connectivity index is 1.95. The van der Waals surface area contributed by atoms with Gasteiger partial charge >= 0.3 is 0 Å². The first-order valence-corrected chi connectivity index (χ1v) is 4.96. The fourth-order valence-corrected chi connectivity index (χ4v) is 2.29. The number of carbonyl (C=O) groups excluding carboxylic acids is 1. The van der Waals surface area contributed by atoms with Gasteiger partial charge in [-0.05, 0) is 19.3 Å². The molecule has 4 heteroatoms. The number of hydrogen-bond acceptors (Lipinski definition) is 3. The average molecular weight is 184 g/mol. The fraction of sp³-hybridized carbons (Fsp3) is 0.889. The minimum atomic E-state index is -0.217. The van der Waals surface area contributed by atoms with Gasteiger partial charge in [-0.15, -0.1) is 0 Å². The monoisotopic (exact) mass is 184 g/mol. The zero-order chi connectivity index (χ0) is 9.26. The Morgan fingerprint density at radius 1 is 1.46 bits per heavy atom. The van der Waals surface area contributed by atoms with Gasteiger partial charge in [0.2, 0.25) is 5.91 Å². The molecule has 1 aliphatic carbocycles. The highest BCUT2D eigenvalue weighted by molar-refractivity contribution is 5.78. The summed E-state index contributed by atoms with van der Waals surface area (Å²) in [6, 6.07) is 0.228. The molecule has 4 nitrogen and oxygen atoms in total. The molecule has 2 N–H and O–H groups in total. The summed E-state index contributed by atoms with van der Waals surface area (Å²) >= 11 is 0. The summed E-state index contributed by atoms with van der Waals surface area (Å²) in [4.78, 5) is 13.2. The second-order valence-electron chi connectivity index (χ2n) is 3.89. The molecule has 0 aromatic carbocycles. The molecule has 0 radical (unpaired) electrons. The zero-order valence-electron chi connectivity index (χ0n) is 7.70. The lowest BCUT2D eigenvalue weighted by molar-refractivity contribution is -0.125. The van der Waals surface area contributed by atoms with Crippen molar-refractivity contribution in [1.29, 1.82) is 0 Å². The van der Waals surface area contributed by atoms with Crippen molar-refractivity contribution in [3.8, 4) is 0 Å². The number of nitrogens with zero attached hydrogens (tertiary/aromatic N) is 1. The molecule has 2 rings (SSSR count). The lowest BCUT2D eigenvalue weighted by atomic mass is 10.1. The van der Waals surface area contributed by atoms with E-state index in [4.69, 9.17) is 0 Å². The molecule has 2 fully saturated rings. The number of aliphatic hydroxyl groups is 1. The molecule has 2 aliphatic rings. The summed E-state index contributed by atoms with van der Waals surface area (Å²) in [6.45, 7) is 2.07. The maximum absolute atomic E-state index is 11.1. The third-order valence-corrected chi connectivity index (χ3v) is 2.98. The van der Waals surface area contributed by atoms with Gasteiger partial charge < -0.3 is 10.4 Å². The van der Waals surface area contributed by atoms with Crippen molar-refractivity contribution in [1.82, 2.24) is 10.2 Å². The normalized spacial score (nSPS) is 36.2. The highest BCUT2D eigenvalue weighted by Gasteiger charge is 2.32. The summed E-state index contributed by atoms with van der Waals surface area (Å²) in [6.07, 6.45) is 2.80. The molecular formula is C9H16N2O2. The second-order valence-corrected chi connectivity index (χ2v) is 3.89. The Morgan fingerprint density at radius 3 is 2.92 bits per heavy atom. The lowest BCUT2D eigenvalue weighted by Crippen LogP contribution is -2.53. The molecule has 0 aromatic heterocycles. The van der Waals surface area contributed by atoms with Crippen LogP contribution in [0.15, 0.2) is 0 Å². The van der Waals surface area contributed by atoms with E-state index in [-0.39, 0.29) is 18.1 Å². The van der Waals surface area contributed by atoms with Crippen LogP contribution in [-0.4, -0.2) is 47.7 Å². The van der Waals surface area contributed by atoms with E-state index in [1.54, 1.807) is 0 Å². The molecule has 2 atom stereocenters. The van der Waals surface area contributed by atoms with Gasteiger partial charge in [0.1, 0.15) is 0 Å². The van der Waals surface area contributed by atoms with Crippen molar-refractivity contribution in [3.63, 3.8) is 0 Å². The molecule has 1 heterocycles. The Kier molecular flexibility index (Phi) is 2.51. The summed E-state index contributed by atoms with van der Waals surface area (Å²) in [5.74, 6) is 0.0883.